The molecule has 0 nitrogen and oxygen atoms in total. The van der Waals surface area contributed by atoms with Gasteiger partial charge in [-0.05, 0) is 71.3 Å². The molecule has 0 unspecified atom stereocenters. The van der Waals surface area contributed by atoms with E-state index in [1.165, 1.54) is 36.4 Å². The highest BCUT2D eigenvalue weighted by Crippen LogP contribution is 2.31. The molecule has 4 rings (SSSR count). The van der Waals surface area contributed by atoms with Crippen LogP contribution in [0, 0.1) is 29.1 Å². The minimum Gasteiger partial charge on any atom is -0.209 e. The second-order valence-electron chi connectivity index (χ2n) is 10.3. The standard InChI is InChI=1S/C35H31F7/c1-2-3-4-5-6-7-29(36)34(41)25-13-10-23(11-14-25)26-16-17-28(31(38)20-26)27-15-12-24(30(37)21-27)9-8-22-18-32(39)35(42)33(40)19-22/h10-21H,2-9H2,1H3/b34-29+. The van der Waals surface area contributed by atoms with E-state index in [1.807, 2.05) is 0 Å². The van der Waals surface area contributed by atoms with Gasteiger partial charge >= 0.3 is 0 Å². The molecule has 0 saturated heterocycles. The predicted molar refractivity (Wildman–Crippen MR) is 153 cm³/mol. The lowest BCUT2D eigenvalue weighted by molar-refractivity contribution is 0.445. The van der Waals surface area contributed by atoms with Crippen LogP contribution in [0.4, 0.5) is 30.7 Å². The van der Waals surface area contributed by atoms with Gasteiger partial charge in [-0.15, -0.1) is 0 Å². The largest absolute Gasteiger partial charge is 0.209 e. The molecule has 0 radical (unpaired) electrons. The van der Waals surface area contributed by atoms with E-state index < -0.39 is 40.7 Å². The molecule has 0 N–H and O–H groups in total. The normalized spacial score (nSPS) is 12.0. The van der Waals surface area contributed by atoms with Crippen molar-refractivity contribution in [2.45, 2.75) is 58.3 Å². The van der Waals surface area contributed by atoms with Crippen molar-refractivity contribution in [3.8, 4) is 22.3 Å². The topological polar surface area (TPSA) is 0 Å². The molecular formula is C35H31F7. The van der Waals surface area contributed by atoms with Gasteiger partial charge in [-0.1, -0.05) is 81.1 Å². The fourth-order valence-electron chi connectivity index (χ4n) is 4.84. The molecule has 0 aromatic heterocycles. The van der Waals surface area contributed by atoms with E-state index >= 15 is 4.39 Å². The molecule has 0 saturated carbocycles. The molecule has 220 valence electrons. The number of aryl methyl sites for hydroxylation is 2. The first-order chi connectivity index (χ1) is 20.2. The van der Waals surface area contributed by atoms with Gasteiger partial charge in [0.25, 0.3) is 0 Å². The lowest BCUT2D eigenvalue weighted by atomic mass is 9.96. The van der Waals surface area contributed by atoms with Crippen LogP contribution < -0.4 is 0 Å². The molecule has 0 aliphatic heterocycles. The number of hydrogen-bond donors (Lipinski definition) is 0. The average Bonchev–Trinajstić information content (AvgIpc) is 2.98. The molecule has 4 aromatic carbocycles. The molecule has 0 atom stereocenters. The zero-order chi connectivity index (χ0) is 30.2. The van der Waals surface area contributed by atoms with Gasteiger partial charge in [0.2, 0.25) is 0 Å². The number of rotatable bonds is 12. The number of hydrogen-bond acceptors (Lipinski definition) is 0. The van der Waals surface area contributed by atoms with E-state index in [1.54, 1.807) is 24.3 Å². The second kappa shape index (κ2) is 14.3. The lowest BCUT2D eigenvalue weighted by Crippen LogP contribution is -1.99. The summed E-state index contributed by atoms with van der Waals surface area (Å²) >= 11 is 0. The second-order valence-corrected chi connectivity index (χ2v) is 10.3. The molecule has 0 aliphatic carbocycles. The third-order valence-electron chi connectivity index (χ3n) is 7.27. The van der Waals surface area contributed by atoms with Crippen LogP contribution in [-0.2, 0) is 12.8 Å². The van der Waals surface area contributed by atoms with Crippen molar-refractivity contribution in [1.82, 2.24) is 0 Å². The van der Waals surface area contributed by atoms with Crippen molar-refractivity contribution in [3.05, 3.63) is 124 Å². The van der Waals surface area contributed by atoms with Gasteiger partial charge < -0.3 is 0 Å². The number of unbranched alkanes of at least 4 members (excludes halogenated alkanes) is 4. The first-order valence-corrected chi connectivity index (χ1v) is 14.0. The molecule has 7 heteroatoms. The summed E-state index contributed by atoms with van der Waals surface area (Å²) in [5.41, 5.74) is 2.14. The molecule has 0 heterocycles. The van der Waals surface area contributed by atoms with Gasteiger partial charge in [0.15, 0.2) is 23.3 Å². The Labute approximate surface area is 241 Å². The van der Waals surface area contributed by atoms with Gasteiger partial charge in [0.1, 0.15) is 17.5 Å². The lowest BCUT2D eigenvalue weighted by Gasteiger charge is -2.10. The predicted octanol–water partition coefficient (Wildman–Crippen LogP) is 11.5. The highest BCUT2D eigenvalue weighted by atomic mass is 19.2. The van der Waals surface area contributed by atoms with E-state index in [9.17, 15) is 26.3 Å². The summed E-state index contributed by atoms with van der Waals surface area (Å²) in [6.07, 6.45) is 4.84. The molecule has 0 amide bonds. The Morgan fingerprint density at radius 1 is 0.571 bits per heavy atom. The molecule has 0 spiro atoms. The van der Waals surface area contributed by atoms with Crippen molar-refractivity contribution in [3.63, 3.8) is 0 Å². The Balaban J connectivity index is 1.43. The maximum absolute atomic E-state index is 15.1. The molecule has 0 fully saturated rings. The van der Waals surface area contributed by atoms with Gasteiger partial charge in [0.05, 0.1) is 0 Å². The Bertz CT molecular complexity index is 1530. The Hall–Kier alpha value is -3.87. The molecule has 4 aromatic rings. The SMILES string of the molecule is CCCCCCC/C(F)=C(\F)c1ccc(-c2ccc(-c3ccc(CCc4cc(F)c(F)c(F)c4)c(F)c3)c(F)c2)cc1. The first kappa shape index (κ1) is 31.1. The molecule has 0 aliphatic rings. The maximum Gasteiger partial charge on any atom is 0.194 e. The first-order valence-electron chi connectivity index (χ1n) is 14.0. The van der Waals surface area contributed by atoms with Gasteiger partial charge in [-0.25, -0.2) is 30.7 Å². The third-order valence-corrected chi connectivity index (χ3v) is 7.27. The minimum absolute atomic E-state index is 0.0553. The van der Waals surface area contributed by atoms with Crippen LogP contribution in [0.5, 0.6) is 0 Å². The van der Waals surface area contributed by atoms with Crippen molar-refractivity contribution in [2.24, 2.45) is 0 Å². The van der Waals surface area contributed by atoms with Crippen LogP contribution in [-0.4, -0.2) is 0 Å². The zero-order valence-corrected chi connectivity index (χ0v) is 23.2. The average molecular weight is 585 g/mol. The van der Waals surface area contributed by atoms with Crippen molar-refractivity contribution < 1.29 is 30.7 Å². The van der Waals surface area contributed by atoms with E-state index in [2.05, 4.69) is 6.92 Å². The fourth-order valence-corrected chi connectivity index (χ4v) is 4.84. The molecule has 42 heavy (non-hydrogen) atoms. The van der Waals surface area contributed by atoms with Gasteiger partial charge in [0, 0.05) is 17.5 Å². The quantitative estimate of drug-likeness (QED) is 0.0883. The summed E-state index contributed by atoms with van der Waals surface area (Å²) in [7, 11) is 0. The Morgan fingerprint density at radius 3 is 1.83 bits per heavy atom. The van der Waals surface area contributed by atoms with Crippen LogP contribution in [0.3, 0.4) is 0 Å². The summed E-state index contributed by atoms with van der Waals surface area (Å²) in [6.45, 7) is 2.09. The maximum atomic E-state index is 15.1. The van der Waals surface area contributed by atoms with Crippen LogP contribution in [0.1, 0.15) is 62.1 Å². The third kappa shape index (κ3) is 7.69. The fraction of sp³-hybridized carbons (Fsp3) is 0.257. The van der Waals surface area contributed by atoms with Crippen LogP contribution in [0.2, 0.25) is 0 Å². The summed E-state index contributed by atoms with van der Waals surface area (Å²) < 4.78 is 98.8. The van der Waals surface area contributed by atoms with Crippen LogP contribution in [0.25, 0.3) is 28.1 Å². The van der Waals surface area contributed by atoms with Crippen molar-refractivity contribution >= 4 is 5.83 Å². The number of halogens is 7. The number of benzene rings is 4. The smallest absolute Gasteiger partial charge is 0.194 e. The monoisotopic (exact) mass is 584 g/mol. The van der Waals surface area contributed by atoms with Crippen molar-refractivity contribution in [2.75, 3.05) is 0 Å². The minimum atomic E-state index is -1.56. The van der Waals surface area contributed by atoms with E-state index in [0.717, 1.165) is 37.8 Å². The van der Waals surface area contributed by atoms with Crippen molar-refractivity contribution in [1.29, 1.82) is 0 Å². The van der Waals surface area contributed by atoms with E-state index in [-0.39, 0.29) is 41.5 Å². The summed E-state index contributed by atoms with van der Waals surface area (Å²) in [5.74, 6) is -7.04. The van der Waals surface area contributed by atoms with Gasteiger partial charge in [-0.3, -0.25) is 0 Å². The van der Waals surface area contributed by atoms with Crippen LogP contribution >= 0.6 is 0 Å². The zero-order valence-electron chi connectivity index (χ0n) is 23.2. The molecular weight excluding hydrogens is 553 g/mol. The summed E-state index contributed by atoms with van der Waals surface area (Å²) in [4.78, 5) is 0. The summed E-state index contributed by atoms with van der Waals surface area (Å²) in [5, 5.41) is 0. The Kier molecular flexibility index (Phi) is 10.6. The van der Waals surface area contributed by atoms with Crippen LogP contribution in [0.15, 0.2) is 78.6 Å². The Morgan fingerprint density at radius 2 is 1.19 bits per heavy atom. The highest BCUT2D eigenvalue weighted by molar-refractivity contribution is 5.73. The van der Waals surface area contributed by atoms with E-state index in [4.69, 9.17) is 0 Å². The van der Waals surface area contributed by atoms with E-state index in [0.29, 0.717) is 23.1 Å². The molecule has 0 bridgehead atoms. The van der Waals surface area contributed by atoms with Gasteiger partial charge in [-0.2, -0.15) is 0 Å². The summed E-state index contributed by atoms with van der Waals surface area (Å²) in [6, 6.07) is 16.5. The number of allylic oxidation sites excluding steroid dienone is 1. The highest BCUT2D eigenvalue weighted by Gasteiger charge is 2.14.